The number of nitrogens with one attached hydrogen (secondary N) is 1. The Kier molecular flexibility index (Phi) is 12.4. The molecule has 0 saturated heterocycles. The lowest BCUT2D eigenvalue weighted by atomic mass is 9.66. The van der Waals surface area contributed by atoms with Gasteiger partial charge in [-0.05, 0) is 114 Å². The summed E-state index contributed by atoms with van der Waals surface area (Å²) < 4.78 is 74.0. The molecule has 0 aromatic rings. The van der Waals surface area contributed by atoms with Gasteiger partial charge in [0.25, 0.3) is 20.2 Å². The lowest BCUT2D eigenvalue weighted by Crippen LogP contribution is -2.56. The van der Waals surface area contributed by atoms with Gasteiger partial charge in [0.2, 0.25) is 0 Å². The molecular weight excluding hydrogens is 689 g/mol. The summed E-state index contributed by atoms with van der Waals surface area (Å²) in [7, 11) is -6.99. The number of aliphatic hydroxyl groups is 2. The van der Waals surface area contributed by atoms with Gasteiger partial charge in [-0.25, -0.2) is 0 Å². The molecule has 0 spiro atoms. The van der Waals surface area contributed by atoms with E-state index < -0.39 is 67.2 Å². The van der Waals surface area contributed by atoms with Crippen molar-refractivity contribution in [3.8, 4) is 0 Å². The van der Waals surface area contributed by atoms with Crippen molar-refractivity contribution in [3.63, 3.8) is 0 Å². The van der Waals surface area contributed by atoms with Crippen LogP contribution in [0.15, 0.2) is 20.5 Å². The molecule has 6 fully saturated rings. The van der Waals surface area contributed by atoms with Crippen LogP contribution in [0.4, 0.5) is 0 Å². The molecule has 6 rings (SSSR count). The highest BCUT2D eigenvalue weighted by atomic mass is 32.2. The second-order valence-electron chi connectivity index (χ2n) is 16.3. The second kappa shape index (κ2) is 16.0. The summed E-state index contributed by atoms with van der Waals surface area (Å²) in [5, 5.41) is 42.3. The van der Waals surface area contributed by atoms with Gasteiger partial charge in [0.1, 0.15) is 11.3 Å². The minimum Gasteiger partial charge on any atom is -0.391 e. The van der Waals surface area contributed by atoms with E-state index in [1.165, 1.54) is 0 Å². The largest absolute Gasteiger partial charge is 0.391 e. The van der Waals surface area contributed by atoms with E-state index in [1.54, 1.807) is 7.11 Å². The maximum atomic E-state index is 12.6. The van der Waals surface area contributed by atoms with Crippen LogP contribution in [0.3, 0.4) is 0 Å². The predicted molar refractivity (Wildman–Crippen MR) is 185 cm³/mol. The standard InChI is InChI=1S/C33H58N6O9S2/c1-48-30-17-27(29(40)16-28(30)38-36-24-6-2-19-14-25(49(42,43)44)10-3-18(19)12-24)37-39-32-31(50(45,46)47)15-20-13-23(9-11-26(20)33(32)41)35-22-7-4-21(34)5-8-22/h18-33,35,40-41H,2-17,34H2,1H3,(H,42,43,44)(H,45,46,47). The first kappa shape index (κ1) is 38.5. The summed E-state index contributed by atoms with van der Waals surface area (Å²) in [5.41, 5.74) is 6.07. The van der Waals surface area contributed by atoms with Crippen LogP contribution in [0.1, 0.15) is 103 Å². The molecule has 6 aliphatic carbocycles. The fourth-order valence-corrected chi connectivity index (χ4v) is 12.3. The molecule has 6 aliphatic rings. The van der Waals surface area contributed by atoms with E-state index in [2.05, 4.69) is 25.8 Å². The molecule has 14 unspecified atom stereocenters. The molecule has 0 aromatic carbocycles. The first-order chi connectivity index (χ1) is 23.7. The topological polar surface area (TPSA) is 246 Å². The third-order valence-electron chi connectivity index (χ3n) is 13.2. The highest BCUT2D eigenvalue weighted by Gasteiger charge is 2.51. The number of fused-ring (bicyclic) bond motifs is 2. The number of nitrogens with zero attached hydrogens (tertiary/aromatic N) is 4. The van der Waals surface area contributed by atoms with Crippen molar-refractivity contribution in [2.24, 2.45) is 49.9 Å². The van der Waals surface area contributed by atoms with Crippen molar-refractivity contribution in [3.05, 3.63) is 0 Å². The highest BCUT2D eigenvalue weighted by molar-refractivity contribution is 7.86. The lowest BCUT2D eigenvalue weighted by molar-refractivity contribution is -0.0180. The van der Waals surface area contributed by atoms with Crippen LogP contribution in [0.5, 0.6) is 0 Å². The molecule has 15 nitrogen and oxygen atoms in total. The Bertz CT molecular complexity index is 1430. The van der Waals surface area contributed by atoms with E-state index >= 15 is 0 Å². The van der Waals surface area contributed by atoms with Crippen molar-refractivity contribution in [2.75, 3.05) is 7.11 Å². The van der Waals surface area contributed by atoms with Crippen molar-refractivity contribution in [2.45, 2.75) is 174 Å². The maximum Gasteiger partial charge on any atom is 0.270 e. The molecule has 0 amide bonds. The Labute approximate surface area is 296 Å². The number of azo groups is 2. The zero-order valence-corrected chi connectivity index (χ0v) is 30.7. The van der Waals surface area contributed by atoms with Crippen LogP contribution in [0, 0.1) is 23.7 Å². The summed E-state index contributed by atoms with van der Waals surface area (Å²) in [4.78, 5) is 0. The predicted octanol–water partition coefficient (Wildman–Crippen LogP) is 3.06. The van der Waals surface area contributed by atoms with Crippen molar-refractivity contribution < 1.29 is 40.9 Å². The molecule has 50 heavy (non-hydrogen) atoms. The normalized spacial score (nSPS) is 46.4. The van der Waals surface area contributed by atoms with E-state index in [9.17, 15) is 36.2 Å². The average molecular weight is 747 g/mol. The van der Waals surface area contributed by atoms with Gasteiger partial charge in [-0.15, -0.1) is 0 Å². The van der Waals surface area contributed by atoms with Gasteiger partial charge < -0.3 is 26.0 Å². The van der Waals surface area contributed by atoms with Crippen LogP contribution in [0.2, 0.25) is 0 Å². The number of ether oxygens (including phenoxy) is 1. The smallest absolute Gasteiger partial charge is 0.270 e. The molecular formula is C33H58N6O9S2. The first-order valence-corrected chi connectivity index (χ1v) is 21.8. The summed E-state index contributed by atoms with van der Waals surface area (Å²) in [6.07, 6.45) is 8.71. The zero-order valence-electron chi connectivity index (χ0n) is 29.1. The summed E-state index contributed by atoms with van der Waals surface area (Å²) in [5.74, 6) is 0.363. The Hall–Kier alpha value is -1.18. The number of hydrogen-bond donors (Lipinski definition) is 6. The summed E-state index contributed by atoms with van der Waals surface area (Å²) in [6, 6.07) is -1.37. The van der Waals surface area contributed by atoms with Gasteiger partial charge in [0.05, 0.1) is 41.7 Å². The number of hydrogen-bond acceptors (Lipinski definition) is 13. The molecule has 7 N–H and O–H groups in total. The Morgan fingerprint density at radius 3 is 2.04 bits per heavy atom. The first-order valence-electron chi connectivity index (χ1n) is 18.8. The monoisotopic (exact) mass is 746 g/mol. The number of nitrogens with two attached hydrogens (primary N) is 1. The van der Waals surface area contributed by atoms with E-state index in [-0.39, 0.29) is 55.1 Å². The molecule has 0 heterocycles. The highest BCUT2D eigenvalue weighted by Crippen LogP contribution is 2.45. The number of aliphatic hydroxyl groups excluding tert-OH is 2. The third-order valence-corrected chi connectivity index (χ3v) is 15.7. The SMILES string of the molecule is COC1CC(N=NC2C(O)C3CCC(NC4CCC(N)CC4)CC3CC2S(=O)(=O)O)C(O)CC1N=NC1CCC2CC(S(=O)(=O)O)CCC2C1. The molecule has 0 aromatic heterocycles. The van der Waals surface area contributed by atoms with Gasteiger partial charge in [-0.1, -0.05) is 0 Å². The molecule has 0 bridgehead atoms. The third kappa shape index (κ3) is 9.12. The fourth-order valence-electron chi connectivity index (χ4n) is 10.3. The van der Waals surface area contributed by atoms with Crippen LogP contribution in [0.25, 0.3) is 0 Å². The Balaban J connectivity index is 1.04. The van der Waals surface area contributed by atoms with Crippen LogP contribution >= 0.6 is 0 Å². The van der Waals surface area contributed by atoms with Gasteiger partial charge in [-0.3, -0.25) is 9.11 Å². The number of methoxy groups -OCH3 is 1. The van der Waals surface area contributed by atoms with E-state index in [1.807, 2.05) is 0 Å². The quantitative estimate of drug-likeness (QED) is 0.148. The van der Waals surface area contributed by atoms with Gasteiger partial charge >= 0.3 is 0 Å². The molecule has 286 valence electrons. The lowest BCUT2D eigenvalue weighted by Gasteiger charge is -2.47. The van der Waals surface area contributed by atoms with Crippen LogP contribution < -0.4 is 11.1 Å². The zero-order chi connectivity index (χ0) is 35.8. The van der Waals surface area contributed by atoms with Gasteiger partial charge in [0.15, 0.2) is 0 Å². The van der Waals surface area contributed by atoms with Crippen molar-refractivity contribution >= 4 is 20.2 Å². The summed E-state index contributed by atoms with van der Waals surface area (Å²) in [6.45, 7) is 0. The molecule has 17 heteroatoms. The van der Waals surface area contributed by atoms with Gasteiger partial charge in [-0.2, -0.15) is 37.3 Å². The molecule has 0 aliphatic heterocycles. The minimum atomic E-state index is -4.54. The summed E-state index contributed by atoms with van der Waals surface area (Å²) >= 11 is 0. The molecule has 6 saturated carbocycles. The number of rotatable bonds is 9. The van der Waals surface area contributed by atoms with Crippen molar-refractivity contribution in [1.29, 1.82) is 0 Å². The van der Waals surface area contributed by atoms with Gasteiger partial charge in [0, 0.05) is 38.1 Å². The van der Waals surface area contributed by atoms with Crippen LogP contribution in [-0.2, 0) is 25.0 Å². The van der Waals surface area contributed by atoms with E-state index in [0.717, 1.165) is 70.6 Å². The van der Waals surface area contributed by atoms with Crippen molar-refractivity contribution in [1.82, 2.24) is 5.32 Å². The minimum absolute atomic E-state index is 0.00315. The second-order valence-corrected chi connectivity index (χ2v) is 19.7. The van der Waals surface area contributed by atoms with E-state index in [4.69, 9.17) is 10.5 Å². The van der Waals surface area contributed by atoms with Crippen LogP contribution in [-0.4, -0.2) is 114 Å². The molecule has 14 atom stereocenters. The molecule has 0 radical (unpaired) electrons. The Morgan fingerprint density at radius 2 is 1.34 bits per heavy atom. The Morgan fingerprint density at radius 1 is 0.660 bits per heavy atom. The maximum absolute atomic E-state index is 12.6. The fraction of sp³-hybridized carbons (Fsp3) is 1.00. The van der Waals surface area contributed by atoms with E-state index in [0.29, 0.717) is 24.8 Å². The average Bonchev–Trinajstić information content (AvgIpc) is 3.07.